The molecule has 3 aromatic rings. The Balaban J connectivity index is 1.80. The van der Waals surface area contributed by atoms with Crippen molar-refractivity contribution in [3.8, 4) is 0 Å². The van der Waals surface area contributed by atoms with Gasteiger partial charge in [-0.1, -0.05) is 58.0 Å². The molecular formula is C31H41N7O7. The lowest BCUT2D eigenvalue weighted by Gasteiger charge is -2.34. The molecule has 0 spiro atoms. The van der Waals surface area contributed by atoms with Crippen LogP contribution in [0.1, 0.15) is 39.0 Å². The van der Waals surface area contributed by atoms with Gasteiger partial charge in [0.15, 0.2) is 23.6 Å². The van der Waals surface area contributed by atoms with Gasteiger partial charge < -0.3 is 36.1 Å². The van der Waals surface area contributed by atoms with Crippen LogP contribution in [0.4, 0.5) is 5.82 Å². The van der Waals surface area contributed by atoms with Crippen molar-refractivity contribution >= 4 is 36.0 Å². The molecule has 0 unspecified atom stereocenters. The van der Waals surface area contributed by atoms with E-state index in [-0.39, 0.29) is 37.2 Å². The van der Waals surface area contributed by atoms with Gasteiger partial charge in [0.05, 0.1) is 18.7 Å². The summed E-state index contributed by atoms with van der Waals surface area (Å²) in [5, 5.41) is 4.34. The normalized spacial score (nSPS) is 22.7. The number of rotatable bonds is 13. The molecule has 1 saturated heterocycles. The van der Waals surface area contributed by atoms with Gasteiger partial charge in [-0.3, -0.25) is 19.4 Å². The number of benzene rings is 1. The van der Waals surface area contributed by atoms with E-state index in [9.17, 15) is 14.4 Å². The van der Waals surface area contributed by atoms with Crippen LogP contribution in [-0.4, -0.2) is 82.8 Å². The van der Waals surface area contributed by atoms with Gasteiger partial charge in [-0.15, -0.1) is 0 Å². The highest BCUT2D eigenvalue weighted by Gasteiger charge is 2.62. The molecule has 1 aromatic carbocycles. The largest absolute Gasteiger partial charge is 0.463 e. The number of carbonyl (C=O) groups is 3. The van der Waals surface area contributed by atoms with E-state index in [1.165, 1.54) is 10.8 Å². The SMILES string of the molecule is C=NC[C@@]1(c2ccc3c(N)ncnn23)O[C@H](COC(=O)Cc2ccccc2)[C@@H](OC(=O)[C@@H](N)C(C)C)[C@H]1OC(=O)[C@@H](N)C(C)C. The van der Waals surface area contributed by atoms with Crippen LogP contribution in [0, 0.1) is 11.8 Å². The number of aliphatic imine (C=N–C) groups is 1. The number of esters is 3. The van der Waals surface area contributed by atoms with E-state index in [4.69, 9.17) is 36.1 Å². The second-order valence-corrected chi connectivity index (χ2v) is 11.7. The van der Waals surface area contributed by atoms with Crippen molar-refractivity contribution < 1.29 is 33.3 Å². The van der Waals surface area contributed by atoms with Gasteiger partial charge in [-0.05, 0) is 36.2 Å². The van der Waals surface area contributed by atoms with E-state index in [0.29, 0.717) is 11.2 Å². The fraction of sp³-hybridized carbons (Fsp3) is 0.484. The first-order valence-electron chi connectivity index (χ1n) is 14.7. The Morgan fingerprint density at radius 3 is 2.29 bits per heavy atom. The number of carbonyl (C=O) groups excluding carboxylic acids is 3. The summed E-state index contributed by atoms with van der Waals surface area (Å²) < 4.78 is 25.8. The lowest BCUT2D eigenvalue weighted by Crippen LogP contribution is -2.52. The highest BCUT2D eigenvalue weighted by atomic mass is 16.7. The van der Waals surface area contributed by atoms with E-state index in [2.05, 4.69) is 21.8 Å². The van der Waals surface area contributed by atoms with Crippen molar-refractivity contribution in [3.63, 3.8) is 0 Å². The lowest BCUT2D eigenvalue weighted by atomic mass is 9.90. The molecule has 0 radical (unpaired) electrons. The standard InChI is InChI=1S/C31H41N7O7/c1-17(2)24(32)29(40)43-26-21(14-42-23(39)13-19-9-7-6-8-10-19)45-31(15-35-5,27(26)44-30(41)25(33)18(3)4)22-12-11-20-28(34)36-16-37-38(20)22/h6-12,16-18,21,24-27H,5,13-15,32-33H2,1-4H3,(H2,34,36,37)/t21-,24+,25+,26-,27-,31+/m1/s1. The Morgan fingerprint density at radius 1 is 1.02 bits per heavy atom. The molecule has 1 aliphatic heterocycles. The Labute approximate surface area is 261 Å². The molecule has 3 heterocycles. The maximum absolute atomic E-state index is 13.4. The number of ether oxygens (including phenoxy) is 4. The van der Waals surface area contributed by atoms with Crippen molar-refractivity contribution in [2.24, 2.45) is 28.3 Å². The molecule has 45 heavy (non-hydrogen) atoms. The van der Waals surface area contributed by atoms with E-state index in [0.717, 1.165) is 5.56 Å². The Hall–Kier alpha value is -4.40. The average Bonchev–Trinajstić information content (AvgIpc) is 3.57. The topological polar surface area (TPSA) is 209 Å². The molecule has 0 aliphatic carbocycles. The minimum Gasteiger partial charge on any atom is -0.463 e. The molecule has 0 saturated carbocycles. The molecule has 2 aromatic heterocycles. The van der Waals surface area contributed by atoms with Crippen molar-refractivity contribution in [1.29, 1.82) is 0 Å². The first-order valence-corrected chi connectivity index (χ1v) is 14.7. The number of nitrogens with two attached hydrogens (primary N) is 3. The van der Waals surface area contributed by atoms with Crippen LogP contribution in [0.2, 0.25) is 0 Å². The van der Waals surface area contributed by atoms with Crippen LogP contribution in [0.25, 0.3) is 5.52 Å². The third-order valence-electron chi connectivity index (χ3n) is 7.82. The maximum atomic E-state index is 13.4. The van der Waals surface area contributed by atoms with Crippen LogP contribution in [-0.2, 0) is 45.4 Å². The summed E-state index contributed by atoms with van der Waals surface area (Å²) in [6, 6.07) is 10.4. The number of hydrogen-bond acceptors (Lipinski definition) is 13. The molecule has 4 rings (SSSR count). The number of fused-ring (bicyclic) bond motifs is 1. The number of nitrogens with zero attached hydrogens (tertiary/aromatic N) is 4. The monoisotopic (exact) mass is 623 g/mol. The van der Waals surface area contributed by atoms with Gasteiger partial charge >= 0.3 is 17.9 Å². The molecular weight excluding hydrogens is 582 g/mol. The summed E-state index contributed by atoms with van der Waals surface area (Å²) >= 11 is 0. The summed E-state index contributed by atoms with van der Waals surface area (Å²) in [5.74, 6) is -2.44. The van der Waals surface area contributed by atoms with Gasteiger partial charge in [-0.2, -0.15) is 5.10 Å². The molecule has 6 atom stereocenters. The quantitative estimate of drug-likeness (QED) is 0.139. The number of anilines is 1. The van der Waals surface area contributed by atoms with Crippen LogP contribution < -0.4 is 17.2 Å². The third kappa shape index (κ3) is 7.13. The second-order valence-electron chi connectivity index (χ2n) is 11.7. The summed E-state index contributed by atoms with van der Waals surface area (Å²) in [6.45, 7) is 10.2. The zero-order chi connectivity index (χ0) is 32.9. The third-order valence-corrected chi connectivity index (χ3v) is 7.82. The predicted molar refractivity (Wildman–Crippen MR) is 165 cm³/mol. The first kappa shape index (κ1) is 33.5. The number of hydrogen-bond donors (Lipinski definition) is 3. The molecule has 1 aliphatic rings. The van der Waals surface area contributed by atoms with Crippen LogP contribution >= 0.6 is 0 Å². The summed E-state index contributed by atoms with van der Waals surface area (Å²) in [4.78, 5) is 47.7. The fourth-order valence-electron chi connectivity index (χ4n) is 5.10. The van der Waals surface area contributed by atoms with Gasteiger partial charge in [0.25, 0.3) is 0 Å². The predicted octanol–water partition coefficient (Wildman–Crippen LogP) is 1.18. The van der Waals surface area contributed by atoms with Gasteiger partial charge in [0.2, 0.25) is 0 Å². The number of nitrogen functional groups attached to an aromatic ring is 1. The van der Waals surface area contributed by atoms with Gasteiger partial charge in [0, 0.05) is 0 Å². The van der Waals surface area contributed by atoms with E-state index >= 15 is 0 Å². The lowest BCUT2D eigenvalue weighted by molar-refractivity contribution is -0.174. The molecule has 1 fully saturated rings. The van der Waals surface area contributed by atoms with Crippen molar-refractivity contribution in [1.82, 2.24) is 14.6 Å². The van der Waals surface area contributed by atoms with Crippen molar-refractivity contribution in [2.45, 2.75) is 70.1 Å². The van der Waals surface area contributed by atoms with Crippen LogP contribution in [0.15, 0.2) is 53.8 Å². The zero-order valence-electron chi connectivity index (χ0n) is 25.9. The highest BCUT2D eigenvalue weighted by molar-refractivity contribution is 5.77. The Morgan fingerprint density at radius 2 is 1.67 bits per heavy atom. The second kappa shape index (κ2) is 14.1. The Kier molecular flexibility index (Phi) is 10.5. The van der Waals surface area contributed by atoms with Crippen LogP contribution in [0.3, 0.4) is 0 Å². The van der Waals surface area contributed by atoms with E-state index in [1.807, 2.05) is 18.2 Å². The van der Waals surface area contributed by atoms with Crippen molar-refractivity contribution in [2.75, 3.05) is 18.9 Å². The molecule has 14 heteroatoms. The van der Waals surface area contributed by atoms with E-state index in [1.54, 1.807) is 52.0 Å². The van der Waals surface area contributed by atoms with Crippen LogP contribution in [0.5, 0.6) is 0 Å². The smallest absolute Gasteiger partial charge is 0.323 e. The highest BCUT2D eigenvalue weighted by Crippen LogP contribution is 2.44. The molecule has 6 N–H and O–H groups in total. The molecule has 0 bridgehead atoms. The Bertz CT molecular complexity index is 1510. The van der Waals surface area contributed by atoms with Crippen molar-refractivity contribution in [3.05, 3.63) is 60.0 Å². The molecule has 242 valence electrons. The first-order chi connectivity index (χ1) is 21.4. The summed E-state index contributed by atoms with van der Waals surface area (Å²) in [5.41, 5.74) is 18.3. The minimum absolute atomic E-state index is 0.00319. The van der Waals surface area contributed by atoms with Gasteiger partial charge in [-0.25, -0.2) is 9.50 Å². The molecule has 0 amide bonds. The van der Waals surface area contributed by atoms with E-state index < -0.39 is 53.9 Å². The van der Waals surface area contributed by atoms with Gasteiger partial charge in [0.1, 0.15) is 36.6 Å². The summed E-state index contributed by atoms with van der Waals surface area (Å²) in [7, 11) is 0. The summed E-state index contributed by atoms with van der Waals surface area (Å²) in [6.07, 6.45) is -2.53. The fourth-order valence-corrected chi connectivity index (χ4v) is 5.10. The number of aromatic nitrogens is 3. The zero-order valence-corrected chi connectivity index (χ0v) is 25.9. The minimum atomic E-state index is -1.65. The average molecular weight is 624 g/mol. The maximum Gasteiger partial charge on any atom is 0.323 e. The molecule has 14 nitrogen and oxygen atoms in total.